The van der Waals surface area contributed by atoms with Crippen molar-refractivity contribution in [3.05, 3.63) is 36.0 Å². The lowest BCUT2D eigenvalue weighted by Gasteiger charge is -2.32. The van der Waals surface area contributed by atoms with Gasteiger partial charge < -0.3 is 14.0 Å². The topological polar surface area (TPSA) is 45.5 Å². The third-order valence-corrected chi connectivity index (χ3v) is 7.17. The summed E-state index contributed by atoms with van der Waals surface area (Å²) in [5.74, 6) is 0. The van der Waals surface area contributed by atoms with Crippen molar-refractivity contribution in [2.75, 3.05) is 6.61 Å². The Hall–Kier alpha value is -1.89. The molecule has 3 aromatic rings. The van der Waals surface area contributed by atoms with Gasteiger partial charge in [-0.05, 0) is 75.8 Å². The maximum Gasteiger partial charge on any atom is 0.496 e. The molecule has 3 heterocycles. The minimum Gasteiger partial charge on any atom is -0.399 e. The zero-order chi connectivity index (χ0) is 21.1. The molecule has 2 aliphatic heterocycles. The molecule has 2 aliphatic rings. The quantitative estimate of drug-likeness (QED) is 0.589. The van der Waals surface area contributed by atoms with E-state index in [-0.39, 0.29) is 6.23 Å². The van der Waals surface area contributed by atoms with Gasteiger partial charge in [-0.1, -0.05) is 25.1 Å². The van der Waals surface area contributed by atoms with E-state index in [1.807, 2.05) is 6.20 Å². The lowest BCUT2D eigenvalue weighted by molar-refractivity contribution is -0.0366. The van der Waals surface area contributed by atoms with E-state index in [9.17, 15) is 0 Å². The Morgan fingerprint density at radius 1 is 1.13 bits per heavy atom. The van der Waals surface area contributed by atoms with Crippen LogP contribution in [-0.4, -0.2) is 34.7 Å². The first kappa shape index (κ1) is 20.0. The second-order valence-corrected chi connectivity index (χ2v) is 9.59. The molecule has 0 aliphatic carbocycles. The van der Waals surface area contributed by atoms with Crippen LogP contribution in [0.1, 0.15) is 65.7 Å². The smallest absolute Gasteiger partial charge is 0.399 e. The van der Waals surface area contributed by atoms with E-state index in [4.69, 9.17) is 19.1 Å². The predicted molar refractivity (Wildman–Crippen MR) is 121 cm³/mol. The van der Waals surface area contributed by atoms with Crippen LogP contribution in [0, 0.1) is 0 Å². The first-order chi connectivity index (χ1) is 14.3. The van der Waals surface area contributed by atoms with Gasteiger partial charge in [0, 0.05) is 17.5 Å². The molecule has 0 saturated carbocycles. The molecule has 1 atom stereocenters. The molecule has 0 radical (unpaired) electrons. The Morgan fingerprint density at radius 3 is 2.57 bits per heavy atom. The van der Waals surface area contributed by atoms with E-state index < -0.39 is 18.3 Å². The normalized spacial score (nSPS) is 23.5. The number of fused-ring (bicyclic) bond motifs is 2. The minimum atomic E-state index is -0.432. The number of benzene rings is 2. The fourth-order valence-corrected chi connectivity index (χ4v) is 4.72. The molecule has 6 heteroatoms. The Morgan fingerprint density at radius 2 is 1.90 bits per heavy atom. The third kappa shape index (κ3) is 3.00. The monoisotopic (exact) mass is 406 g/mol. The molecular weight excluding hydrogens is 375 g/mol. The number of rotatable bonds is 3. The zero-order valence-electron chi connectivity index (χ0n) is 18.7. The molecule has 5 nitrogen and oxygen atoms in total. The van der Waals surface area contributed by atoms with Crippen molar-refractivity contribution in [1.29, 1.82) is 0 Å². The van der Waals surface area contributed by atoms with Crippen LogP contribution in [0.4, 0.5) is 0 Å². The van der Waals surface area contributed by atoms with Gasteiger partial charge in [0.05, 0.1) is 22.9 Å². The highest BCUT2D eigenvalue weighted by atomic mass is 16.7. The summed E-state index contributed by atoms with van der Waals surface area (Å²) in [6, 6.07) is 8.78. The van der Waals surface area contributed by atoms with Gasteiger partial charge in [-0.3, -0.25) is 0 Å². The molecule has 0 N–H and O–H groups in total. The molecule has 1 unspecified atom stereocenters. The number of aryl methyl sites for hydroxylation is 1. The van der Waals surface area contributed by atoms with Crippen LogP contribution >= 0.6 is 0 Å². The van der Waals surface area contributed by atoms with Crippen LogP contribution in [0.5, 0.6) is 0 Å². The Kier molecular flexibility index (Phi) is 4.73. The van der Waals surface area contributed by atoms with E-state index in [0.29, 0.717) is 0 Å². The van der Waals surface area contributed by atoms with Crippen LogP contribution in [0.25, 0.3) is 21.7 Å². The number of hydrogen-bond acceptors (Lipinski definition) is 4. The van der Waals surface area contributed by atoms with Crippen molar-refractivity contribution in [1.82, 2.24) is 9.78 Å². The molecule has 0 amide bonds. The molecule has 2 fully saturated rings. The fourth-order valence-electron chi connectivity index (χ4n) is 4.72. The summed E-state index contributed by atoms with van der Waals surface area (Å²) in [6.45, 7) is 11.4. The maximum absolute atomic E-state index is 6.53. The summed E-state index contributed by atoms with van der Waals surface area (Å²) in [4.78, 5) is 0. The van der Waals surface area contributed by atoms with Crippen molar-refractivity contribution in [2.45, 2.75) is 77.7 Å². The van der Waals surface area contributed by atoms with Crippen molar-refractivity contribution in [3.8, 4) is 0 Å². The van der Waals surface area contributed by atoms with Crippen LogP contribution in [0.3, 0.4) is 0 Å². The molecule has 0 spiro atoms. The summed E-state index contributed by atoms with van der Waals surface area (Å²) in [7, 11) is -0.432. The first-order valence-corrected chi connectivity index (χ1v) is 11.2. The van der Waals surface area contributed by atoms with Crippen LogP contribution in [-0.2, 0) is 20.5 Å². The van der Waals surface area contributed by atoms with Gasteiger partial charge in [-0.25, -0.2) is 4.68 Å². The zero-order valence-corrected chi connectivity index (χ0v) is 18.7. The Labute approximate surface area is 178 Å². The van der Waals surface area contributed by atoms with Crippen molar-refractivity contribution < 1.29 is 14.0 Å². The number of hydrogen-bond donors (Lipinski definition) is 0. The highest BCUT2D eigenvalue weighted by Gasteiger charge is 2.52. The summed E-state index contributed by atoms with van der Waals surface area (Å²) < 4.78 is 21.2. The van der Waals surface area contributed by atoms with Crippen LogP contribution < -0.4 is 5.46 Å². The predicted octanol–water partition coefficient (Wildman–Crippen LogP) is 4.75. The number of aromatic nitrogens is 2. The minimum absolute atomic E-state index is 0.00537. The second-order valence-electron chi connectivity index (χ2n) is 9.59. The summed E-state index contributed by atoms with van der Waals surface area (Å²) in [5.41, 5.74) is 2.71. The molecule has 158 valence electrons. The summed E-state index contributed by atoms with van der Waals surface area (Å²) in [5, 5.41) is 8.31. The Balaban J connectivity index is 1.76. The fraction of sp³-hybridized carbons (Fsp3) is 0.542. The second kappa shape index (κ2) is 7.08. The van der Waals surface area contributed by atoms with Gasteiger partial charge in [0.15, 0.2) is 6.23 Å². The van der Waals surface area contributed by atoms with E-state index in [0.717, 1.165) is 42.2 Å². The largest absolute Gasteiger partial charge is 0.496 e. The lowest BCUT2D eigenvalue weighted by Crippen LogP contribution is -2.41. The average molecular weight is 406 g/mol. The lowest BCUT2D eigenvalue weighted by atomic mass is 9.73. The third-order valence-electron chi connectivity index (χ3n) is 7.17. The highest BCUT2D eigenvalue weighted by Crippen LogP contribution is 2.39. The van der Waals surface area contributed by atoms with E-state index >= 15 is 0 Å². The molecule has 2 saturated heterocycles. The van der Waals surface area contributed by atoms with E-state index in [2.05, 4.69) is 63.6 Å². The van der Waals surface area contributed by atoms with Gasteiger partial charge in [0.2, 0.25) is 0 Å². The van der Waals surface area contributed by atoms with Gasteiger partial charge in [0.25, 0.3) is 0 Å². The maximum atomic E-state index is 6.53. The van der Waals surface area contributed by atoms with Crippen LogP contribution in [0.15, 0.2) is 30.5 Å². The van der Waals surface area contributed by atoms with Crippen molar-refractivity contribution in [2.24, 2.45) is 0 Å². The molecule has 30 heavy (non-hydrogen) atoms. The number of ether oxygens (including phenoxy) is 1. The molecular formula is C24H31BN2O3. The van der Waals surface area contributed by atoms with Gasteiger partial charge in [0.1, 0.15) is 0 Å². The van der Waals surface area contributed by atoms with Gasteiger partial charge in [-0.15, -0.1) is 0 Å². The van der Waals surface area contributed by atoms with Crippen LogP contribution in [0.2, 0.25) is 0 Å². The average Bonchev–Trinajstić information content (AvgIpc) is 3.23. The highest BCUT2D eigenvalue weighted by molar-refractivity contribution is 6.68. The SMILES string of the molecule is CCc1cccc2cc3c(cnn3C3CCCCO3)c(B3OC(C)(C)C(C)(C)O3)c12. The Bertz CT molecular complexity index is 1080. The molecule has 0 bridgehead atoms. The molecule has 2 aromatic carbocycles. The van der Waals surface area contributed by atoms with E-state index in [1.54, 1.807) is 0 Å². The van der Waals surface area contributed by atoms with Gasteiger partial charge in [-0.2, -0.15) is 5.10 Å². The van der Waals surface area contributed by atoms with Gasteiger partial charge >= 0.3 is 7.12 Å². The first-order valence-electron chi connectivity index (χ1n) is 11.2. The molecule has 1 aromatic heterocycles. The molecule has 5 rings (SSSR count). The summed E-state index contributed by atoms with van der Waals surface area (Å²) >= 11 is 0. The number of nitrogens with zero attached hydrogens (tertiary/aromatic N) is 2. The summed E-state index contributed by atoms with van der Waals surface area (Å²) in [6.07, 6.45) is 6.21. The van der Waals surface area contributed by atoms with Crippen molar-refractivity contribution in [3.63, 3.8) is 0 Å². The van der Waals surface area contributed by atoms with E-state index in [1.165, 1.54) is 22.8 Å². The standard InChI is InChI=1S/C24H31BN2O3/c1-6-16-10-9-11-17-14-19-18(15-26-27(19)20-12-7-8-13-28-20)22(21(16)17)25-29-23(2,3)24(4,5)30-25/h9-11,14-15,20H,6-8,12-13H2,1-5H3. The van der Waals surface area contributed by atoms with Crippen molar-refractivity contribution >= 4 is 34.3 Å².